The van der Waals surface area contributed by atoms with E-state index in [2.05, 4.69) is 10.6 Å². The van der Waals surface area contributed by atoms with E-state index in [-0.39, 0.29) is 18.5 Å². The predicted molar refractivity (Wildman–Crippen MR) is 139 cm³/mol. The lowest BCUT2D eigenvalue weighted by molar-refractivity contribution is -0.138. The van der Waals surface area contributed by atoms with E-state index in [1.54, 1.807) is 36.1 Å². The molecule has 3 aromatic rings. The fourth-order valence-electron chi connectivity index (χ4n) is 4.24. The van der Waals surface area contributed by atoms with E-state index in [1.165, 1.54) is 24.3 Å². The predicted octanol–water partition coefficient (Wildman–Crippen LogP) is 5.53. The summed E-state index contributed by atoms with van der Waals surface area (Å²) < 4.78 is 18.6. The van der Waals surface area contributed by atoms with Gasteiger partial charge in [0.15, 0.2) is 0 Å². The van der Waals surface area contributed by atoms with E-state index in [9.17, 15) is 18.8 Å². The molecule has 1 unspecified atom stereocenters. The summed E-state index contributed by atoms with van der Waals surface area (Å²) in [6, 6.07) is 20.3. The Bertz CT molecular complexity index is 1310. The third-order valence-electron chi connectivity index (χ3n) is 5.92. The number of benzene rings is 3. The van der Waals surface area contributed by atoms with Crippen molar-refractivity contribution in [2.75, 3.05) is 18.5 Å². The van der Waals surface area contributed by atoms with Crippen molar-refractivity contribution >= 4 is 29.3 Å². The zero-order chi connectivity index (χ0) is 26.4. The van der Waals surface area contributed by atoms with Crippen LogP contribution >= 0.6 is 0 Å². The Morgan fingerprint density at radius 2 is 1.65 bits per heavy atom. The molecule has 8 heteroatoms. The molecule has 4 rings (SSSR count). The summed E-state index contributed by atoms with van der Waals surface area (Å²) in [7, 11) is 0. The molecule has 0 saturated heterocycles. The van der Waals surface area contributed by atoms with Gasteiger partial charge in [-0.2, -0.15) is 0 Å². The second-order valence-electron chi connectivity index (χ2n) is 8.47. The van der Waals surface area contributed by atoms with Crippen LogP contribution < -0.4 is 10.6 Å². The first-order valence-corrected chi connectivity index (χ1v) is 12.1. The van der Waals surface area contributed by atoms with Crippen molar-refractivity contribution in [1.82, 2.24) is 10.2 Å². The number of anilines is 1. The van der Waals surface area contributed by atoms with E-state index in [4.69, 9.17) is 4.74 Å². The fraction of sp³-hybridized carbons (Fsp3) is 0.207. The number of esters is 1. The highest BCUT2D eigenvalue weighted by Gasteiger charge is 2.38. The standard InChI is InChI=1S/C29H28FN3O4/c1-3-18-33-26(20-8-6-5-7-9-20)24(28(35)37-4-2)25(32-29(33)36)19-12-16-23(17-13-19)31-27(34)21-10-14-22(30)15-11-21/h5-17,25H,3-4,18H2,1-2H3,(H,31,34)(H,32,36). The Labute approximate surface area is 214 Å². The lowest BCUT2D eigenvalue weighted by Gasteiger charge is -2.36. The van der Waals surface area contributed by atoms with Gasteiger partial charge in [-0.1, -0.05) is 49.4 Å². The molecular weight excluding hydrogens is 473 g/mol. The number of urea groups is 1. The van der Waals surface area contributed by atoms with Gasteiger partial charge >= 0.3 is 12.0 Å². The lowest BCUT2D eigenvalue weighted by atomic mass is 9.91. The molecule has 0 aliphatic carbocycles. The zero-order valence-corrected chi connectivity index (χ0v) is 20.7. The van der Waals surface area contributed by atoms with E-state index >= 15 is 0 Å². The molecule has 3 aromatic carbocycles. The maximum atomic E-state index is 13.3. The van der Waals surface area contributed by atoms with E-state index in [0.29, 0.717) is 41.1 Å². The number of ether oxygens (including phenoxy) is 1. The highest BCUT2D eigenvalue weighted by molar-refractivity contribution is 6.05. The monoisotopic (exact) mass is 501 g/mol. The minimum absolute atomic E-state index is 0.188. The molecule has 0 bridgehead atoms. The summed E-state index contributed by atoms with van der Waals surface area (Å²) in [4.78, 5) is 40.6. The summed E-state index contributed by atoms with van der Waals surface area (Å²) in [5, 5.41) is 5.72. The molecule has 1 aliphatic heterocycles. The number of hydrogen-bond acceptors (Lipinski definition) is 4. The van der Waals surface area contributed by atoms with Crippen molar-refractivity contribution in [3.63, 3.8) is 0 Å². The molecule has 7 nitrogen and oxygen atoms in total. The summed E-state index contributed by atoms with van der Waals surface area (Å²) in [5.74, 6) is -1.32. The first-order chi connectivity index (χ1) is 17.9. The summed E-state index contributed by atoms with van der Waals surface area (Å²) >= 11 is 0. The number of nitrogens with one attached hydrogen (secondary N) is 2. The van der Waals surface area contributed by atoms with Crippen molar-refractivity contribution in [1.29, 1.82) is 0 Å². The lowest BCUT2D eigenvalue weighted by Crippen LogP contribution is -2.48. The average molecular weight is 502 g/mol. The van der Waals surface area contributed by atoms with Crippen LogP contribution in [0.2, 0.25) is 0 Å². The third kappa shape index (κ3) is 5.69. The van der Waals surface area contributed by atoms with Crippen LogP contribution in [0.1, 0.15) is 47.8 Å². The molecule has 1 heterocycles. The van der Waals surface area contributed by atoms with Gasteiger partial charge in [-0.15, -0.1) is 0 Å². The van der Waals surface area contributed by atoms with Crippen LogP contribution in [0.15, 0.2) is 84.4 Å². The molecule has 37 heavy (non-hydrogen) atoms. The summed E-state index contributed by atoms with van der Waals surface area (Å²) in [6.45, 7) is 4.32. The fourth-order valence-corrected chi connectivity index (χ4v) is 4.24. The maximum absolute atomic E-state index is 13.3. The molecule has 3 amide bonds. The van der Waals surface area contributed by atoms with Gasteiger partial charge in [0.25, 0.3) is 5.91 Å². The van der Waals surface area contributed by atoms with Crippen LogP contribution in [-0.2, 0) is 9.53 Å². The van der Waals surface area contributed by atoms with Crippen LogP contribution in [0.5, 0.6) is 0 Å². The normalized spacial score (nSPS) is 15.3. The molecule has 0 radical (unpaired) electrons. The van der Waals surface area contributed by atoms with Gasteiger partial charge in [0.1, 0.15) is 5.82 Å². The SMILES string of the molecule is CCCN1C(=O)NC(c2ccc(NC(=O)c3ccc(F)cc3)cc2)C(C(=O)OCC)=C1c1ccccc1. The highest BCUT2D eigenvalue weighted by Crippen LogP contribution is 2.37. The van der Waals surface area contributed by atoms with Crippen molar-refractivity contribution < 1.29 is 23.5 Å². The Hall–Kier alpha value is -4.46. The average Bonchev–Trinajstić information content (AvgIpc) is 2.91. The van der Waals surface area contributed by atoms with Crippen LogP contribution in [0.4, 0.5) is 14.9 Å². The van der Waals surface area contributed by atoms with Crippen molar-refractivity contribution in [2.24, 2.45) is 0 Å². The number of hydrogen-bond donors (Lipinski definition) is 2. The first kappa shape index (κ1) is 25.6. The van der Waals surface area contributed by atoms with Crippen molar-refractivity contribution in [3.8, 4) is 0 Å². The molecule has 1 aliphatic rings. The number of carbonyl (C=O) groups excluding carboxylic acids is 3. The van der Waals surface area contributed by atoms with Crippen molar-refractivity contribution in [2.45, 2.75) is 26.3 Å². The molecule has 190 valence electrons. The molecular formula is C29H28FN3O4. The maximum Gasteiger partial charge on any atom is 0.338 e. The molecule has 0 spiro atoms. The minimum atomic E-state index is -0.753. The van der Waals surface area contributed by atoms with Crippen LogP contribution in [0, 0.1) is 5.82 Å². The van der Waals surface area contributed by atoms with Crippen LogP contribution in [-0.4, -0.2) is 36.0 Å². The second kappa shape index (κ2) is 11.5. The number of carbonyl (C=O) groups is 3. The van der Waals surface area contributed by atoms with Crippen molar-refractivity contribution in [3.05, 3.63) is 107 Å². The van der Waals surface area contributed by atoms with E-state index < -0.39 is 17.8 Å². The Balaban J connectivity index is 1.71. The third-order valence-corrected chi connectivity index (χ3v) is 5.92. The Morgan fingerprint density at radius 1 is 0.973 bits per heavy atom. The molecule has 1 atom stereocenters. The number of amides is 3. The van der Waals surface area contributed by atoms with E-state index in [0.717, 1.165) is 5.56 Å². The van der Waals surface area contributed by atoms with Gasteiger partial charge in [0.2, 0.25) is 0 Å². The van der Waals surface area contributed by atoms with Gasteiger partial charge in [0.05, 0.1) is 23.9 Å². The smallest absolute Gasteiger partial charge is 0.338 e. The first-order valence-electron chi connectivity index (χ1n) is 12.1. The van der Waals surface area contributed by atoms with Gasteiger partial charge in [-0.25, -0.2) is 14.0 Å². The summed E-state index contributed by atoms with van der Waals surface area (Å²) in [6.07, 6.45) is 0.701. The molecule has 0 fully saturated rings. The van der Waals surface area contributed by atoms with Gasteiger partial charge in [-0.05, 0) is 60.9 Å². The van der Waals surface area contributed by atoms with E-state index in [1.807, 2.05) is 37.3 Å². The largest absolute Gasteiger partial charge is 0.463 e. The van der Waals surface area contributed by atoms with Gasteiger partial charge in [0, 0.05) is 17.8 Å². The van der Waals surface area contributed by atoms with Crippen LogP contribution in [0.3, 0.4) is 0 Å². The topological polar surface area (TPSA) is 87.7 Å². The van der Waals surface area contributed by atoms with Crippen LogP contribution in [0.25, 0.3) is 5.70 Å². The Morgan fingerprint density at radius 3 is 2.27 bits per heavy atom. The Kier molecular flexibility index (Phi) is 7.98. The highest BCUT2D eigenvalue weighted by atomic mass is 19.1. The van der Waals surface area contributed by atoms with Gasteiger partial charge < -0.3 is 15.4 Å². The number of halogens is 1. The number of rotatable bonds is 8. The number of nitrogens with zero attached hydrogens (tertiary/aromatic N) is 1. The molecule has 2 N–H and O–H groups in total. The summed E-state index contributed by atoms with van der Waals surface area (Å²) in [5.41, 5.74) is 3.08. The quantitative estimate of drug-likeness (QED) is 0.398. The second-order valence-corrected chi connectivity index (χ2v) is 8.47. The zero-order valence-electron chi connectivity index (χ0n) is 20.7. The minimum Gasteiger partial charge on any atom is -0.463 e. The molecule has 0 saturated carbocycles. The molecule has 0 aromatic heterocycles. The van der Waals surface area contributed by atoms with Gasteiger partial charge in [-0.3, -0.25) is 9.69 Å².